The largest absolute Gasteiger partial charge is 0.377 e. The Bertz CT molecular complexity index is 189. The van der Waals surface area contributed by atoms with E-state index in [1.165, 1.54) is 38.5 Å². The van der Waals surface area contributed by atoms with Crippen LogP contribution in [0.3, 0.4) is 0 Å². The third-order valence-corrected chi connectivity index (χ3v) is 4.21. The summed E-state index contributed by atoms with van der Waals surface area (Å²) in [5.41, 5.74) is 0. The number of nitrogens with one attached hydrogen (secondary N) is 1. The van der Waals surface area contributed by atoms with E-state index in [2.05, 4.69) is 19.2 Å². The van der Waals surface area contributed by atoms with Crippen molar-refractivity contribution < 1.29 is 4.74 Å². The Morgan fingerprint density at radius 2 is 1.87 bits per heavy atom. The normalized spacial score (nSPS) is 35.6. The fourth-order valence-electron chi connectivity index (χ4n) is 3.06. The first-order chi connectivity index (χ1) is 7.27. The molecule has 2 rings (SSSR count). The first-order valence-electron chi connectivity index (χ1n) is 6.65. The molecule has 0 spiro atoms. The van der Waals surface area contributed by atoms with Gasteiger partial charge in [-0.25, -0.2) is 0 Å². The highest BCUT2D eigenvalue weighted by molar-refractivity contribution is 4.84. The smallest absolute Gasteiger partial charge is 0.0700 e. The summed E-state index contributed by atoms with van der Waals surface area (Å²) in [6.07, 6.45) is 8.79. The molecule has 3 atom stereocenters. The van der Waals surface area contributed by atoms with Gasteiger partial charge in [-0.05, 0) is 39.0 Å². The van der Waals surface area contributed by atoms with Crippen molar-refractivity contribution in [2.24, 2.45) is 5.92 Å². The topological polar surface area (TPSA) is 21.3 Å². The van der Waals surface area contributed by atoms with Crippen LogP contribution in [-0.2, 0) is 4.74 Å². The molecule has 15 heavy (non-hydrogen) atoms. The molecule has 2 aliphatic rings. The molecule has 0 bridgehead atoms. The summed E-state index contributed by atoms with van der Waals surface area (Å²) in [6, 6.07) is 1.28. The fourth-order valence-corrected chi connectivity index (χ4v) is 3.06. The molecule has 1 aliphatic carbocycles. The number of hydrogen-bond donors (Lipinski definition) is 1. The van der Waals surface area contributed by atoms with Gasteiger partial charge in [-0.15, -0.1) is 0 Å². The molecule has 0 amide bonds. The lowest BCUT2D eigenvalue weighted by Gasteiger charge is -2.31. The first-order valence-corrected chi connectivity index (χ1v) is 6.65. The van der Waals surface area contributed by atoms with Crippen LogP contribution >= 0.6 is 0 Å². The Morgan fingerprint density at radius 3 is 2.47 bits per heavy atom. The highest BCUT2D eigenvalue weighted by Gasteiger charge is 2.28. The molecule has 1 heterocycles. The van der Waals surface area contributed by atoms with Crippen molar-refractivity contribution in [1.29, 1.82) is 0 Å². The van der Waals surface area contributed by atoms with Crippen LogP contribution in [0.15, 0.2) is 0 Å². The van der Waals surface area contributed by atoms with Crippen molar-refractivity contribution in [2.45, 2.75) is 70.6 Å². The van der Waals surface area contributed by atoms with Gasteiger partial charge in [-0.2, -0.15) is 0 Å². The molecule has 2 unspecified atom stereocenters. The van der Waals surface area contributed by atoms with Gasteiger partial charge in [0.25, 0.3) is 0 Å². The summed E-state index contributed by atoms with van der Waals surface area (Å²) < 4.78 is 5.59. The molecule has 0 radical (unpaired) electrons. The molecular formula is C13H25NO. The first kappa shape index (κ1) is 11.4. The van der Waals surface area contributed by atoms with E-state index in [4.69, 9.17) is 4.74 Å². The SMILES string of the molecule is CC1OCCC1N[C@H](C)C1CCCCC1. The van der Waals surface area contributed by atoms with Gasteiger partial charge in [0.1, 0.15) is 0 Å². The van der Waals surface area contributed by atoms with E-state index < -0.39 is 0 Å². The van der Waals surface area contributed by atoms with E-state index in [0.717, 1.165) is 12.5 Å². The maximum absolute atomic E-state index is 5.59. The molecule has 1 saturated heterocycles. The van der Waals surface area contributed by atoms with Crippen molar-refractivity contribution >= 4 is 0 Å². The highest BCUT2D eigenvalue weighted by Crippen LogP contribution is 2.27. The lowest BCUT2D eigenvalue weighted by atomic mass is 9.84. The van der Waals surface area contributed by atoms with Gasteiger partial charge >= 0.3 is 0 Å². The molecule has 2 nitrogen and oxygen atoms in total. The predicted molar refractivity (Wildman–Crippen MR) is 63.0 cm³/mol. The second-order valence-electron chi connectivity index (χ2n) is 5.32. The van der Waals surface area contributed by atoms with E-state index in [9.17, 15) is 0 Å². The Kier molecular flexibility index (Phi) is 4.04. The van der Waals surface area contributed by atoms with Crippen molar-refractivity contribution in [2.75, 3.05) is 6.61 Å². The maximum atomic E-state index is 5.59. The summed E-state index contributed by atoms with van der Waals surface area (Å²) in [4.78, 5) is 0. The standard InChI is InChI=1S/C13H25NO/c1-10(12-6-4-3-5-7-12)14-13-8-9-15-11(13)2/h10-14H,3-9H2,1-2H3/t10-,11?,13?/m1/s1. The molecular weight excluding hydrogens is 186 g/mol. The Balaban J connectivity index is 1.77. The molecule has 2 heteroatoms. The quantitative estimate of drug-likeness (QED) is 0.775. The summed E-state index contributed by atoms with van der Waals surface area (Å²) in [5, 5.41) is 3.77. The molecule has 0 aromatic rings. The van der Waals surface area contributed by atoms with E-state index in [0.29, 0.717) is 18.2 Å². The molecule has 2 fully saturated rings. The summed E-state index contributed by atoms with van der Waals surface area (Å²) >= 11 is 0. The van der Waals surface area contributed by atoms with Crippen molar-refractivity contribution in [3.05, 3.63) is 0 Å². The minimum absolute atomic E-state index is 0.413. The summed E-state index contributed by atoms with van der Waals surface area (Å²) in [7, 11) is 0. The lowest BCUT2D eigenvalue weighted by molar-refractivity contribution is 0.108. The number of rotatable bonds is 3. The third-order valence-electron chi connectivity index (χ3n) is 4.21. The number of hydrogen-bond acceptors (Lipinski definition) is 2. The van der Waals surface area contributed by atoms with Crippen molar-refractivity contribution in [1.82, 2.24) is 5.32 Å². The van der Waals surface area contributed by atoms with Gasteiger partial charge in [0.05, 0.1) is 6.10 Å². The third kappa shape index (κ3) is 2.94. The van der Waals surface area contributed by atoms with Gasteiger partial charge in [-0.1, -0.05) is 19.3 Å². The van der Waals surface area contributed by atoms with E-state index in [-0.39, 0.29) is 0 Å². The minimum atomic E-state index is 0.413. The van der Waals surface area contributed by atoms with E-state index in [1.807, 2.05) is 0 Å². The maximum Gasteiger partial charge on any atom is 0.0700 e. The molecule has 88 valence electrons. The second-order valence-corrected chi connectivity index (χ2v) is 5.32. The van der Waals surface area contributed by atoms with Crippen LogP contribution in [0.5, 0.6) is 0 Å². The van der Waals surface area contributed by atoms with Crippen LogP contribution in [0.2, 0.25) is 0 Å². The van der Waals surface area contributed by atoms with Crippen LogP contribution in [0, 0.1) is 5.92 Å². The monoisotopic (exact) mass is 211 g/mol. The van der Waals surface area contributed by atoms with Gasteiger partial charge in [-0.3, -0.25) is 0 Å². The molecule has 0 aromatic carbocycles. The molecule has 1 N–H and O–H groups in total. The average Bonchev–Trinajstić information content (AvgIpc) is 2.66. The zero-order valence-corrected chi connectivity index (χ0v) is 10.2. The van der Waals surface area contributed by atoms with Gasteiger partial charge in [0.15, 0.2) is 0 Å². The average molecular weight is 211 g/mol. The second kappa shape index (κ2) is 5.31. The minimum Gasteiger partial charge on any atom is -0.377 e. The molecule has 1 saturated carbocycles. The van der Waals surface area contributed by atoms with Crippen LogP contribution in [-0.4, -0.2) is 24.8 Å². The Morgan fingerprint density at radius 1 is 1.13 bits per heavy atom. The van der Waals surface area contributed by atoms with Gasteiger partial charge < -0.3 is 10.1 Å². The van der Waals surface area contributed by atoms with E-state index >= 15 is 0 Å². The Hall–Kier alpha value is -0.0800. The fraction of sp³-hybridized carbons (Fsp3) is 1.00. The van der Waals surface area contributed by atoms with Crippen LogP contribution in [0.4, 0.5) is 0 Å². The van der Waals surface area contributed by atoms with Crippen LogP contribution < -0.4 is 5.32 Å². The van der Waals surface area contributed by atoms with Crippen LogP contribution in [0.1, 0.15) is 52.4 Å². The summed E-state index contributed by atoms with van der Waals surface area (Å²) in [6.45, 7) is 5.50. The van der Waals surface area contributed by atoms with Gasteiger partial charge in [0, 0.05) is 18.7 Å². The van der Waals surface area contributed by atoms with Crippen molar-refractivity contribution in [3.63, 3.8) is 0 Å². The highest BCUT2D eigenvalue weighted by atomic mass is 16.5. The zero-order valence-electron chi connectivity index (χ0n) is 10.2. The van der Waals surface area contributed by atoms with E-state index in [1.54, 1.807) is 0 Å². The lowest BCUT2D eigenvalue weighted by Crippen LogP contribution is -2.44. The summed E-state index contributed by atoms with van der Waals surface area (Å²) in [5.74, 6) is 0.909. The molecule has 1 aliphatic heterocycles. The molecule has 0 aromatic heterocycles. The van der Waals surface area contributed by atoms with Crippen LogP contribution in [0.25, 0.3) is 0 Å². The predicted octanol–water partition coefficient (Wildman–Crippen LogP) is 2.72. The number of ether oxygens (including phenoxy) is 1. The zero-order chi connectivity index (χ0) is 10.7. The van der Waals surface area contributed by atoms with Gasteiger partial charge in [0.2, 0.25) is 0 Å². The Labute approximate surface area is 93.8 Å². The van der Waals surface area contributed by atoms with Crippen molar-refractivity contribution in [3.8, 4) is 0 Å².